The van der Waals surface area contributed by atoms with Gasteiger partial charge in [-0.25, -0.2) is 4.79 Å². The minimum absolute atomic E-state index is 0.0275. The first-order chi connectivity index (χ1) is 9.95. The number of carbonyl (C=O) groups excluding carboxylic acids is 1. The van der Waals surface area contributed by atoms with Gasteiger partial charge in [-0.05, 0) is 35.8 Å². The third kappa shape index (κ3) is 5.79. The van der Waals surface area contributed by atoms with Crippen LogP contribution in [0.15, 0.2) is 24.3 Å². The number of carboxylic acids is 1. The van der Waals surface area contributed by atoms with Crippen molar-refractivity contribution in [2.45, 2.75) is 32.4 Å². The van der Waals surface area contributed by atoms with E-state index in [1.165, 1.54) is 0 Å². The fourth-order valence-electron chi connectivity index (χ4n) is 2.04. The smallest absolute Gasteiger partial charge is 0.335 e. The third-order valence-corrected chi connectivity index (χ3v) is 4.55. The number of thioether (sulfide) groups is 1. The Bertz CT molecular complexity index is 488. The van der Waals surface area contributed by atoms with Crippen molar-refractivity contribution in [3.05, 3.63) is 35.4 Å². The van der Waals surface area contributed by atoms with E-state index in [9.17, 15) is 9.59 Å². The number of benzene rings is 1. The van der Waals surface area contributed by atoms with E-state index in [1.54, 1.807) is 30.0 Å². The second kappa shape index (κ2) is 8.72. The van der Waals surface area contributed by atoms with E-state index in [0.29, 0.717) is 18.9 Å². The lowest BCUT2D eigenvalue weighted by Crippen LogP contribution is -2.37. The first kappa shape index (κ1) is 17.6. The monoisotopic (exact) mass is 309 g/mol. The van der Waals surface area contributed by atoms with Crippen LogP contribution in [0.25, 0.3) is 0 Å². The number of carboxylic acid groups (broad SMARTS) is 1. The maximum Gasteiger partial charge on any atom is 0.335 e. The van der Waals surface area contributed by atoms with E-state index < -0.39 is 5.97 Å². The Morgan fingerprint density at radius 2 is 2.05 bits per heavy atom. The van der Waals surface area contributed by atoms with Crippen LogP contribution in [0.5, 0.6) is 0 Å². The first-order valence-electron chi connectivity index (χ1n) is 7.17. The Labute approximate surface area is 130 Å². The van der Waals surface area contributed by atoms with Crippen LogP contribution in [0.3, 0.4) is 0 Å². The molecule has 21 heavy (non-hydrogen) atoms. The molecule has 0 spiro atoms. The minimum Gasteiger partial charge on any atom is -0.478 e. The predicted octanol–water partition coefficient (Wildman–Crippen LogP) is 2.82. The fraction of sp³-hybridized carbons (Fsp3) is 0.500. The lowest BCUT2D eigenvalue weighted by atomic mass is 10.1. The average Bonchev–Trinajstić information content (AvgIpc) is 2.44. The zero-order valence-corrected chi connectivity index (χ0v) is 13.6. The molecule has 0 aliphatic rings. The molecule has 1 aromatic carbocycles. The molecule has 0 aliphatic carbocycles. The zero-order chi connectivity index (χ0) is 15.8. The van der Waals surface area contributed by atoms with Crippen molar-refractivity contribution >= 4 is 23.6 Å². The second-order valence-electron chi connectivity index (χ2n) is 5.17. The van der Waals surface area contributed by atoms with Crippen molar-refractivity contribution in [3.63, 3.8) is 0 Å². The summed E-state index contributed by atoms with van der Waals surface area (Å²) in [7, 11) is 0. The van der Waals surface area contributed by atoms with Crippen molar-refractivity contribution in [1.82, 2.24) is 5.32 Å². The highest BCUT2D eigenvalue weighted by Crippen LogP contribution is 2.19. The van der Waals surface area contributed by atoms with Gasteiger partial charge in [0.25, 0.3) is 0 Å². The van der Waals surface area contributed by atoms with Gasteiger partial charge >= 0.3 is 5.97 Å². The molecule has 0 bridgehead atoms. The SMILES string of the molecule is CCSC(C(=O)NCCc1cccc(C(=O)O)c1)C(C)C. The number of aromatic carboxylic acids is 1. The van der Waals surface area contributed by atoms with E-state index >= 15 is 0 Å². The molecule has 4 nitrogen and oxygen atoms in total. The molecule has 0 aliphatic heterocycles. The van der Waals surface area contributed by atoms with Crippen molar-refractivity contribution < 1.29 is 14.7 Å². The van der Waals surface area contributed by atoms with Gasteiger partial charge in [-0.2, -0.15) is 0 Å². The van der Waals surface area contributed by atoms with Crippen LogP contribution in [-0.2, 0) is 11.2 Å². The van der Waals surface area contributed by atoms with E-state index in [2.05, 4.69) is 5.32 Å². The van der Waals surface area contributed by atoms with Crippen LogP contribution in [0.2, 0.25) is 0 Å². The highest BCUT2D eigenvalue weighted by atomic mass is 32.2. The Balaban J connectivity index is 2.51. The van der Waals surface area contributed by atoms with Crippen molar-refractivity contribution in [2.75, 3.05) is 12.3 Å². The normalized spacial score (nSPS) is 12.2. The van der Waals surface area contributed by atoms with Gasteiger partial charge < -0.3 is 10.4 Å². The average molecular weight is 309 g/mol. The minimum atomic E-state index is -0.930. The van der Waals surface area contributed by atoms with Crippen LogP contribution < -0.4 is 5.32 Å². The molecule has 0 radical (unpaired) electrons. The maximum atomic E-state index is 12.1. The van der Waals surface area contributed by atoms with Crippen molar-refractivity contribution in [1.29, 1.82) is 0 Å². The standard InChI is InChI=1S/C16H23NO3S/c1-4-21-14(11(2)3)15(18)17-9-8-12-6-5-7-13(10-12)16(19)20/h5-7,10-11,14H,4,8-9H2,1-3H3,(H,17,18)(H,19,20). The summed E-state index contributed by atoms with van der Waals surface area (Å²) in [6.45, 7) is 6.66. The van der Waals surface area contributed by atoms with Gasteiger partial charge in [-0.1, -0.05) is 32.9 Å². The summed E-state index contributed by atoms with van der Waals surface area (Å²) < 4.78 is 0. The van der Waals surface area contributed by atoms with E-state index in [0.717, 1.165) is 11.3 Å². The number of carbonyl (C=O) groups is 2. The summed E-state index contributed by atoms with van der Waals surface area (Å²) in [5.41, 5.74) is 1.19. The Hall–Kier alpha value is -1.49. The molecule has 1 amide bonds. The highest BCUT2D eigenvalue weighted by molar-refractivity contribution is 8.00. The molecular formula is C16H23NO3S. The Morgan fingerprint density at radius 1 is 1.33 bits per heavy atom. The maximum absolute atomic E-state index is 12.1. The third-order valence-electron chi connectivity index (χ3n) is 3.10. The Morgan fingerprint density at radius 3 is 2.62 bits per heavy atom. The summed E-state index contributed by atoms with van der Waals surface area (Å²) in [5.74, 6) is 0.341. The lowest BCUT2D eigenvalue weighted by molar-refractivity contribution is -0.121. The number of hydrogen-bond acceptors (Lipinski definition) is 3. The molecule has 1 rings (SSSR count). The van der Waals surface area contributed by atoms with Crippen LogP contribution >= 0.6 is 11.8 Å². The van der Waals surface area contributed by atoms with Gasteiger partial charge in [-0.15, -0.1) is 11.8 Å². The molecule has 0 heterocycles. The summed E-state index contributed by atoms with van der Waals surface area (Å²) in [6.07, 6.45) is 0.633. The molecule has 0 fully saturated rings. The number of hydrogen-bond donors (Lipinski definition) is 2. The van der Waals surface area contributed by atoms with Crippen molar-refractivity contribution in [3.8, 4) is 0 Å². The van der Waals surface area contributed by atoms with Crippen LogP contribution in [-0.4, -0.2) is 34.5 Å². The summed E-state index contributed by atoms with van der Waals surface area (Å²) in [5, 5.41) is 11.9. The molecule has 0 saturated carbocycles. The molecule has 116 valence electrons. The molecular weight excluding hydrogens is 286 g/mol. The van der Waals surface area contributed by atoms with Crippen molar-refractivity contribution in [2.24, 2.45) is 5.92 Å². The molecule has 1 atom stereocenters. The largest absolute Gasteiger partial charge is 0.478 e. The predicted molar refractivity (Wildman–Crippen MR) is 86.9 cm³/mol. The van der Waals surface area contributed by atoms with E-state index in [4.69, 9.17) is 5.11 Å². The van der Waals surface area contributed by atoms with E-state index in [-0.39, 0.29) is 16.7 Å². The number of rotatable bonds is 8. The van der Waals surface area contributed by atoms with Gasteiger partial charge in [0.05, 0.1) is 10.8 Å². The summed E-state index contributed by atoms with van der Waals surface area (Å²) in [4.78, 5) is 23.0. The van der Waals surface area contributed by atoms with Crippen LogP contribution in [0.4, 0.5) is 0 Å². The van der Waals surface area contributed by atoms with Crippen LogP contribution in [0.1, 0.15) is 36.7 Å². The number of nitrogens with one attached hydrogen (secondary N) is 1. The summed E-state index contributed by atoms with van der Waals surface area (Å²) >= 11 is 1.66. The fourth-order valence-corrected chi connectivity index (χ4v) is 3.02. The quantitative estimate of drug-likeness (QED) is 0.775. The number of amides is 1. The van der Waals surface area contributed by atoms with Gasteiger partial charge in [0, 0.05) is 6.54 Å². The molecule has 0 saturated heterocycles. The lowest BCUT2D eigenvalue weighted by Gasteiger charge is -2.19. The van der Waals surface area contributed by atoms with Gasteiger partial charge in [-0.3, -0.25) is 4.79 Å². The van der Waals surface area contributed by atoms with Crippen LogP contribution in [0, 0.1) is 5.92 Å². The molecule has 1 unspecified atom stereocenters. The zero-order valence-electron chi connectivity index (χ0n) is 12.8. The Kier molecular flexibility index (Phi) is 7.29. The molecule has 2 N–H and O–H groups in total. The first-order valence-corrected chi connectivity index (χ1v) is 8.22. The molecule has 5 heteroatoms. The van der Waals surface area contributed by atoms with E-state index in [1.807, 2.05) is 26.8 Å². The second-order valence-corrected chi connectivity index (χ2v) is 6.59. The molecule has 0 aromatic heterocycles. The highest BCUT2D eigenvalue weighted by Gasteiger charge is 2.21. The molecule has 1 aromatic rings. The topological polar surface area (TPSA) is 66.4 Å². The van der Waals surface area contributed by atoms with Gasteiger partial charge in [0.2, 0.25) is 5.91 Å². The van der Waals surface area contributed by atoms with Gasteiger partial charge in [0.1, 0.15) is 0 Å². The van der Waals surface area contributed by atoms with Gasteiger partial charge in [0.15, 0.2) is 0 Å². The summed E-state index contributed by atoms with van der Waals surface area (Å²) in [6, 6.07) is 6.82.